The van der Waals surface area contributed by atoms with E-state index in [4.69, 9.17) is 0 Å². The summed E-state index contributed by atoms with van der Waals surface area (Å²) in [4.78, 5) is 14.6. The number of alkyl halides is 2. The van der Waals surface area contributed by atoms with Crippen LogP contribution in [0, 0.1) is 0 Å². The van der Waals surface area contributed by atoms with Crippen molar-refractivity contribution in [2.75, 3.05) is 13.7 Å². The minimum Gasteiger partial charge on any atom is -0.323 e. The van der Waals surface area contributed by atoms with Gasteiger partial charge >= 0.3 is 6.09 Å². The van der Waals surface area contributed by atoms with E-state index >= 15 is 0 Å². The van der Waals surface area contributed by atoms with E-state index in [1.807, 2.05) is 0 Å². The van der Waals surface area contributed by atoms with Crippen molar-refractivity contribution in [2.45, 2.75) is 19.5 Å². The number of nitrogens with zero attached hydrogens (tertiary/aromatic N) is 1. The fraction of sp³-hybridized carbons (Fsp3) is 0.714. The van der Waals surface area contributed by atoms with Crippen LogP contribution in [0.1, 0.15) is 13.8 Å². The van der Waals surface area contributed by atoms with Gasteiger partial charge < -0.3 is 5.32 Å². The second kappa shape index (κ2) is 4.74. The highest BCUT2D eigenvalue weighted by Crippen LogP contribution is 2.11. The zero-order chi connectivity index (χ0) is 10.5. The van der Waals surface area contributed by atoms with Gasteiger partial charge in [0.25, 0.3) is 0 Å². The minimum atomic E-state index is -1.93. The average molecular weight is 194 g/mol. The van der Waals surface area contributed by atoms with Crippen molar-refractivity contribution < 1.29 is 18.4 Å². The Hall–Kier alpha value is -1.20. The maximum Gasteiger partial charge on any atom is 0.433 e. The van der Waals surface area contributed by atoms with Crippen LogP contribution in [0.15, 0.2) is 5.16 Å². The molecule has 0 aliphatic heterocycles. The van der Waals surface area contributed by atoms with E-state index in [1.165, 1.54) is 7.05 Å². The molecule has 0 radical (unpaired) electrons. The maximum absolute atomic E-state index is 13.0. The Bertz CT molecular complexity index is 211. The summed E-state index contributed by atoms with van der Waals surface area (Å²) in [6.45, 7) is 1.15. The summed E-state index contributed by atoms with van der Waals surface area (Å²) in [7, 11) is 1.31. The first-order valence-electron chi connectivity index (χ1n) is 3.62. The van der Waals surface area contributed by atoms with Gasteiger partial charge in [0, 0.05) is 7.05 Å². The molecule has 0 bridgehead atoms. The number of oxime groups is 1. The van der Waals surface area contributed by atoms with E-state index in [9.17, 15) is 13.6 Å². The van der Waals surface area contributed by atoms with Crippen LogP contribution in [0.5, 0.6) is 0 Å². The molecule has 0 heterocycles. The fourth-order valence-corrected chi connectivity index (χ4v) is 0.434. The largest absolute Gasteiger partial charge is 0.433 e. The molecule has 0 spiro atoms. The molecule has 0 unspecified atom stereocenters. The van der Waals surface area contributed by atoms with Gasteiger partial charge in [-0.15, -0.1) is 0 Å². The second-order valence-electron chi connectivity index (χ2n) is 2.77. The highest BCUT2D eigenvalue weighted by atomic mass is 19.1. The topological polar surface area (TPSA) is 50.7 Å². The molecule has 0 saturated heterocycles. The van der Waals surface area contributed by atoms with Gasteiger partial charge in [-0.05, 0) is 13.8 Å². The van der Waals surface area contributed by atoms with Crippen LogP contribution < -0.4 is 5.32 Å². The lowest BCUT2D eigenvalue weighted by molar-refractivity contribution is 0.149. The Labute approximate surface area is 74.9 Å². The fourth-order valence-electron chi connectivity index (χ4n) is 0.434. The van der Waals surface area contributed by atoms with Gasteiger partial charge in [0.05, 0.1) is 0 Å². The molecule has 0 aliphatic carbocycles. The summed E-state index contributed by atoms with van der Waals surface area (Å²) >= 11 is 0. The zero-order valence-electron chi connectivity index (χ0n) is 7.73. The SMILES string of the molecule is CNC(=O)ON=C(CF)C(C)(C)F. The van der Waals surface area contributed by atoms with Crippen molar-refractivity contribution in [1.29, 1.82) is 0 Å². The lowest BCUT2D eigenvalue weighted by Gasteiger charge is -2.13. The van der Waals surface area contributed by atoms with Crippen LogP contribution in [0.25, 0.3) is 0 Å². The zero-order valence-corrected chi connectivity index (χ0v) is 7.73. The number of halogens is 2. The Balaban J connectivity index is 4.33. The van der Waals surface area contributed by atoms with E-state index in [2.05, 4.69) is 15.3 Å². The summed E-state index contributed by atoms with van der Waals surface area (Å²) in [5.41, 5.74) is -2.39. The minimum absolute atomic E-state index is 0.462. The van der Waals surface area contributed by atoms with Crippen LogP contribution in [0.4, 0.5) is 13.6 Å². The quantitative estimate of drug-likeness (QED) is 0.419. The second-order valence-corrected chi connectivity index (χ2v) is 2.77. The average Bonchev–Trinajstić information content (AvgIpc) is 2.02. The monoisotopic (exact) mass is 194 g/mol. The van der Waals surface area contributed by atoms with Gasteiger partial charge in [-0.25, -0.2) is 13.6 Å². The van der Waals surface area contributed by atoms with Crippen molar-refractivity contribution in [1.82, 2.24) is 5.32 Å². The third kappa shape index (κ3) is 4.39. The molecule has 1 amide bonds. The summed E-state index contributed by atoms with van der Waals surface area (Å²) in [6.07, 6.45) is -0.866. The summed E-state index contributed by atoms with van der Waals surface area (Å²) < 4.78 is 25.2. The van der Waals surface area contributed by atoms with Crippen LogP contribution in [-0.2, 0) is 4.84 Å². The van der Waals surface area contributed by atoms with Crippen molar-refractivity contribution in [3.63, 3.8) is 0 Å². The predicted molar refractivity (Wildman–Crippen MR) is 44.1 cm³/mol. The number of rotatable bonds is 3. The molecule has 0 saturated carbocycles. The van der Waals surface area contributed by atoms with Crippen LogP contribution in [0.2, 0.25) is 0 Å². The van der Waals surface area contributed by atoms with E-state index in [0.717, 1.165) is 13.8 Å². The number of carbonyl (C=O) groups is 1. The third-order valence-electron chi connectivity index (χ3n) is 1.26. The molecular formula is C7H12F2N2O2. The lowest BCUT2D eigenvalue weighted by atomic mass is 10.1. The third-order valence-corrected chi connectivity index (χ3v) is 1.26. The maximum atomic E-state index is 13.0. The molecule has 0 aromatic heterocycles. The summed E-state index contributed by atoms with van der Waals surface area (Å²) in [6, 6.07) is 0. The first-order valence-corrected chi connectivity index (χ1v) is 3.62. The van der Waals surface area contributed by atoms with Crippen LogP contribution >= 0.6 is 0 Å². The summed E-state index contributed by atoms with van der Waals surface area (Å²) in [5.74, 6) is 0. The van der Waals surface area contributed by atoms with E-state index in [-0.39, 0.29) is 0 Å². The highest BCUT2D eigenvalue weighted by Gasteiger charge is 2.25. The molecule has 76 valence electrons. The Morgan fingerprint density at radius 2 is 2.15 bits per heavy atom. The Morgan fingerprint density at radius 1 is 1.62 bits per heavy atom. The standard InChI is InChI=1S/C7H12F2N2O2/c1-7(2,9)5(4-8)11-13-6(12)10-3/h4H2,1-3H3,(H,10,12). The molecule has 6 heteroatoms. The number of nitrogens with one attached hydrogen (secondary N) is 1. The van der Waals surface area contributed by atoms with Gasteiger partial charge in [-0.3, -0.25) is 4.84 Å². The number of hydrogen-bond acceptors (Lipinski definition) is 3. The molecule has 0 aliphatic rings. The number of carbonyl (C=O) groups excluding carboxylic acids is 1. The molecule has 13 heavy (non-hydrogen) atoms. The first kappa shape index (κ1) is 11.8. The smallest absolute Gasteiger partial charge is 0.323 e. The van der Waals surface area contributed by atoms with Crippen molar-refractivity contribution in [2.24, 2.45) is 5.16 Å². The molecule has 0 atom stereocenters. The van der Waals surface area contributed by atoms with Crippen LogP contribution in [0.3, 0.4) is 0 Å². The molecule has 1 N–H and O–H groups in total. The molecular weight excluding hydrogens is 182 g/mol. The van der Waals surface area contributed by atoms with Gasteiger partial charge in [0.2, 0.25) is 0 Å². The van der Waals surface area contributed by atoms with E-state index < -0.39 is 24.1 Å². The Kier molecular flexibility index (Phi) is 4.30. The lowest BCUT2D eigenvalue weighted by Crippen LogP contribution is -2.29. The van der Waals surface area contributed by atoms with E-state index in [1.54, 1.807) is 0 Å². The Morgan fingerprint density at radius 3 is 2.46 bits per heavy atom. The van der Waals surface area contributed by atoms with Gasteiger partial charge in [-0.1, -0.05) is 5.16 Å². The number of amides is 1. The molecule has 0 rings (SSSR count). The summed E-state index contributed by atoms with van der Waals surface area (Å²) in [5, 5.41) is 5.12. The van der Waals surface area contributed by atoms with Gasteiger partial charge in [0.1, 0.15) is 18.1 Å². The van der Waals surface area contributed by atoms with Gasteiger partial charge in [0.15, 0.2) is 0 Å². The number of hydrogen-bond donors (Lipinski definition) is 1. The molecule has 0 fully saturated rings. The first-order chi connectivity index (χ1) is 5.91. The molecule has 0 aromatic rings. The normalized spacial score (nSPS) is 12.5. The molecule has 0 aromatic carbocycles. The van der Waals surface area contributed by atoms with Crippen molar-refractivity contribution in [3.05, 3.63) is 0 Å². The van der Waals surface area contributed by atoms with Crippen molar-refractivity contribution >= 4 is 11.8 Å². The van der Waals surface area contributed by atoms with Gasteiger partial charge in [-0.2, -0.15) is 0 Å². The predicted octanol–water partition coefficient (Wildman–Crippen LogP) is 1.42. The van der Waals surface area contributed by atoms with Crippen LogP contribution in [-0.4, -0.2) is 31.2 Å². The highest BCUT2D eigenvalue weighted by molar-refractivity contribution is 5.92. The van der Waals surface area contributed by atoms with E-state index in [0.29, 0.717) is 0 Å². The van der Waals surface area contributed by atoms with Crippen molar-refractivity contribution in [3.8, 4) is 0 Å². The molecule has 4 nitrogen and oxygen atoms in total.